The molecule has 0 saturated carbocycles. The van der Waals surface area contributed by atoms with E-state index < -0.39 is 9.84 Å². The maximum Gasteiger partial charge on any atom is 0.209 e. The van der Waals surface area contributed by atoms with Crippen molar-refractivity contribution in [2.75, 3.05) is 11.5 Å². The van der Waals surface area contributed by atoms with Crippen LogP contribution >= 0.6 is 0 Å². The van der Waals surface area contributed by atoms with Crippen molar-refractivity contribution in [3.63, 3.8) is 0 Å². The van der Waals surface area contributed by atoms with Gasteiger partial charge in [0.25, 0.3) is 0 Å². The van der Waals surface area contributed by atoms with Crippen LogP contribution in [-0.2, 0) is 9.84 Å². The summed E-state index contributed by atoms with van der Waals surface area (Å²) >= 11 is 0. The van der Waals surface area contributed by atoms with Crippen molar-refractivity contribution in [2.45, 2.75) is 31.6 Å². The zero-order valence-corrected chi connectivity index (χ0v) is 9.39. The van der Waals surface area contributed by atoms with Gasteiger partial charge >= 0.3 is 0 Å². The number of hydrogen-bond acceptors (Lipinski definition) is 4. The van der Waals surface area contributed by atoms with Crippen molar-refractivity contribution < 1.29 is 12.8 Å². The van der Waals surface area contributed by atoms with Gasteiger partial charge in [-0.15, -0.1) is 0 Å². The molecule has 1 aromatic heterocycles. The van der Waals surface area contributed by atoms with Crippen LogP contribution in [0.15, 0.2) is 15.6 Å². The van der Waals surface area contributed by atoms with Crippen LogP contribution in [0.25, 0.3) is 0 Å². The first kappa shape index (κ1) is 11.1. The second-order valence-electron chi connectivity index (χ2n) is 3.44. The zero-order valence-electron chi connectivity index (χ0n) is 8.57. The molecule has 0 aliphatic heterocycles. The van der Waals surface area contributed by atoms with E-state index in [0.29, 0.717) is 5.56 Å². The first-order valence-corrected chi connectivity index (χ1v) is 6.15. The minimum atomic E-state index is -3.28. The maximum atomic E-state index is 11.7. The highest BCUT2D eigenvalue weighted by atomic mass is 32.2. The summed E-state index contributed by atoms with van der Waals surface area (Å²) in [5.41, 5.74) is 6.15. The topological polar surface area (TPSA) is 73.3 Å². The van der Waals surface area contributed by atoms with Crippen LogP contribution in [0.5, 0.6) is 0 Å². The molecule has 0 aliphatic carbocycles. The molecule has 0 fully saturated rings. The molecule has 2 N–H and O–H groups in total. The molecule has 80 valence electrons. The van der Waals surface area contributed by atoms with Gasteiger partial charge in [-0.2, -0.15) is 0 Å². The molecule has 0 spiro atoms. The highest BCUT2D eigenvalue weighted by molar-refractivity contribution is 7.91. The molecular weight excluding hydrogens is 202 g/mol. The van der Waals surface area contributed by atoms with Gasteiger partial charge in [-0.3, -0.25) is 0 Å². The Labute approximate surface area is 84.0 Å². The largest absolute Gasteiger partial charge is 0.447 e. The first-order valence-electron chi connectivity index (χ1n) is 4.49. The first-order chi connectivity index (χ1) is 6.40. The zero-order chi connectivity index (χ0) is 10.9. The summed E-state index contributed by atoms with van der Waals surface area (Å²) in [4.78, 5) is 0.162. The summed E-state index contributed by atoms with van der Waals surface area (Å²) in [7, 11) is -3.28. The molecular formula is C9H15NO3S. The van der Waals surface area contributed by atoms with Gasteiger partial charge < -0.3 is 10.2 Å². The molecule has 0 atom stereocenters. The minimum Gasteiger partial charge on any atom is -0.447 e. The van der Waals surface area contributed by atoms with E-state index in [1.807, 2.05) is 13.8 Å². The van der Waals surface area contributed by atoms with Crippen LogP contribution in [0, 0.1) is 0 Å². The van der Waals surface area contributed by atoms with E-state index >= 15 is 0 Å². The second kappa shape index (κ2) is 3.65. The lowest BCUT2D eigenvalue weighted by molar-refractivity contribution is 0.574. The molecule has 0 bridgehead atoms. The Morgan fingerprint density at radius 1 is 1.50 bits per heavy atom. The Kier molecular flexibility index (Phi) is 2.89. The SMILES string of the molecule is CCS(=O)(=O)c1c(C(C)C)coc1N. The summed E-state index contributed by atoms with van der Waals surface area (Å²) in [6, 6.07) is 0. The predicted molar refractivity (Wildman–Crippen MR) is 54.9 cm³/mol. The molecule has 0 aromatic carbocycles. The lowest BCUT2D eigenvalue weighted by Crippen LogP contribution is -2.08. The molecule has 4 nitrogen and oxygen atoms in total. The van der Waals surface area contributed by atoms with E-state index in [1.54, 1.807) is 6.92 Å². The molecule has 0 amide bonds. The number of hydrogen-bond donors (Lipinski definition) is 1. The average molecular weight is 217 g/mol. The van der Waals surface area contributed by atoms with E-state index in [2.05, 4.69) is 0 Å². The summed E-state index contributed by atoms with van der Waals surface area (Å²) in [5, 5.41) is 0. The van der Waals surface area contributed by atoms with Crippen molar-refractivity contribution in [1.82, 2.24) is 0 Å². The summed E-state index contributed by atoms with van der Waals surface area (Å²) < 4.78 is 28.3. The fourth-order valence-corrected chi connectivity index (χ4v) is 2.54. The van der Waals surface area contributed by atoms with Gasteiger partial charge in [-0.1, -0.05) is 20.8 Å². The highest BCUT2D eigenvalue weighted by Crippen LogP contribution is 2.31. The molecule has 0 radical (unpaired) electrons. The standard InChI is InChI=1S/C9H15NO3S/c1-4-14(11,12)8-7(6(2)3)5-13-9(8)10/h5-6H,4,10H2,1-3H3. The van der Waals surface area contributed by atoms with Gasteiger partial charge in [-0.25, -0.2) is 8.42 Å². The maximum absolute atomic E-state index is 11.7. The average Bonchev–Trinajstić information content (AvgIpc) is 2.47. The smallest absolute Gasteiger partial charge is 0.209 e. The third-order valence-electron chi connectivity index (χ3n) is 2.11. The quantitative estimate of drug-likeness (QED) is 0.837. The van der Waals surface area contributed by atoms with Crippen molar-refractivity contribution in [2.24, 2.45) is 0 Å². The van der Waals surface area contributed by atoms with Gasteiger partial charge in [0, 0.05) is 5.56 Å². The Bertz CT molecular complexity index is 417. The van der Waals surface area contributed by atoms with Crippen LogP contribution in [0.3, 0.4) is 0 Å². The lowest BCUT2D eigenvalue weighted by Gasteiger charge is -2.05. The fourth-order valence-electron chi connectivity index (χ4n) is 1.25. The molecule has 1 aromatic rings. The second-order valence-corrected chi connectivity index (χ2v) is 5.66. The van der Waals surface area contributed by atoms with Crippen LogP contribution in [0.4, 0.5) is 5.88 Å². The number of furan rings is 1. The van der Waals surface area contributed by atoms with E-state index in [-0.39, 0.29) is 22.5 Å². The molecule has 14 heavy (non-hydrogen) atoms. The van der Waals surface area contributed by atoms with Crippen LogP contribution in [-0.4, -0.2) is 14.2 Å². The van der Waals surface area contributed by atoms with Crippen LogP contribution < -0.4 is 5.73 Å². The van der Waals surface area contributed by atoms with E-state index in [0.717, 1.165) is 0 Å². The minimum absolute atomic E-state index is 0.00412. The monoisotopic (exact) mass is 217 g/mol. The summed E-state index contributed by atoms with van der Waals surface area (Å²) in [6.07, 6.45) is 1.42. The highest BCUT2D eigenvalue weighted by Gasteiger charge is 2.24. The molecule has 1 rings (SSSR count). The molecule has 1 heterocycles. The number of nitrogens with two attached hydrogens (primary N) is 1. The molecule has 5 heteroatoms. The molecule has 0 aliphatic rings. The van der Waals surface area contributed by atoms with Crippen LogP contribution in [0.2, 0.25) is 0 Å². The van der Waals surface area contributed by atoms with Gasteiger partial charge in [-0.05, 0) is 5.92 Å². The number of anilines is 1. The Hall–Kier alpha value is -0.970. The molecule has 0 unspecified atom stereocenters. The number of nitrogen functional groups attached to an aromatic ring is 1. The van der Waals surface area contributed by atoms with E-state index in [1.165, 1.54) is 6.26 Å². The summed E-state index contributed by atoms with van der Waals surface area (Å²) in [6.45, 7) is 5.39. The van der Waals surface area contributed by atoms with Gasteiger partial charge in [0.05, 0.1) is 12.0 Å². The van der Waals surface area contributed by atoms with Gasteiger partial charge in [0.1, 0.15) is 4.90 Å². The Morgan fingerprint density at radius 3 is 2.50 bits per heavy atom. The van der Waals surface area contributed by atoms with Gasteiger partial charge in [0.2, 0.25) is 5.88 Å². The molecule has 0 saturated heterocycles. The van der Waals surface area contributed by atoms with Crippen molar-refractivity contribution in [3.05, 3.63) is 11.8 Å². The van der Waals surface area contributed by atoms with Crippen molar-refractivity contribution >= 4 is 15.7 Å². The van der Waals surface area contributed by atoms with E-state index in [9.17, 15) is 8.42 Å². The predicted octanol–water partition coefficient (Wildman–Crippen LogP) is 1.78. The third kappa shape index (κ3) is 1.77. The van der Waals surface area contributed by atoms with Crippen LogP contribution in [0.1, 0.15) is 32.3 Å². The fraction of sp³-hybridized carbons (Fsp3) is 0.556. The Balaban J connectivity index is 3.39. The third-order valence-corrected chi connectivity index (χ3v) is 3.93. The Morgan fingerprint density at radius 2 is 2.07 bits per heavy atom. The van der Waals surface area contributed by atoms with Crippen molar-refractivity contribution in [3.8, 4) is 0 Å². The van der Waals surface area contributed by atoms with E-state index in [4.69, 9.17) is 10.2 Å². The normalized spacial score (nSPS) is 12.3. The summed E-state index contributed by atoms with van der Waals surface area (Å²) in [5.74, 6) is 0.124. The number of sulfone groups is 1. The van der Waals surface area contributed by atoms with Crippen molar-refractivity contribution in [1.29, 1.82) is 0 Å². The lowest BCUT2D eigenvalue weighted by atomic mass is 10.1. The number of rotatable bonds is 3. The van der Waals surface area contributed by atoms with Gasteiger partial charge in [0.15, 0.2) is 9.84 Å².